The molecular weight excluding hydrogens is 202 g/mol. The molecule has 0 saturated heterocycles. The molecule has 84 valence electrons. The molecule has 0 saturated carbocycles. The lowest BCUT2D eigenvalue weighted by molar-refractivity contribution is -0.121. The summed E-state index contributed by atoms with van der Waals surface area (Å²) in [4.78, 5) is 11.3. The van der Waals surface area contributed by atoms with E-state index < -0.39 is 0 Å². The molecule has 1 unspecified atom stereocenters. The third-order valence-electron chi connectivity index (χ3n) is 2.31. The Morgan fingerprint density at radius 3 is 2.75 bits per heavy atom. The largest absolute Gasteiger partial charge is 0.373 e. The number of likely N-dealkylation sites (N-methyl/N-ethyl adjacent to an activating group) is 1. The number of anilines is 1. The van der Waals surface area contributed by atoms with Crippen molar-refractivity contribution in [1.82, 2.24) is 5.32 Å². The van der Waals surface area contributed by atoms with Crippen LogP contribution in [0.5, 0.6) is 0 Å². The van der Waals surface area contributed by atoms with Gasteiger partial charge in [-0.3, -0.25) is 4.79 Å². The smallest absolute Gasteiger partial charge is 0.241 e. The lowest BCUT2D eigenvalue weighted by Gasteiger charge is -2.14. The number of benzene rings is 1. The van der Waals surface area contributed by atoms with E-state index in [4.69, 9.17) is 5.26 Å². The van der Waals surface area contributed by atoms with Gasteiger partial charge in [-0.15, -0.1) is 0 Å². The second-order valence-electron chi connectivity index (χ2n) is 3.64. The molecule has 0 radical (unpaired) electrons. The minimum atomic E-state index is -0.361. The zero-order valence-electron chi connectivity index (χ0n) is 9.66. The van der Waals surface area contributed by atoms with Gasteiger partial charge in [0.2, 0.25) is 5.91 Å². The molecule has 1 amide bonds. The van der Waals surface area contributed by atoms with Crippen molar-refractivity contribution in [3.63, 3.8) is 0 Å². The first kappa shape index (κ1) is 12.1. The Balaban J connectivity index is 2.90. The van der Waals surface area contributed by atoms with Crippen molar-refractivity contribution in [3.8, 4) is 6.07 Å². The molecule has 16 heavy (non-hydrogen) atoms. The zero-order chi connectivity index (χ0) is 12.1. The summed E-state index contributed by atoms with van der Waals surface area (Å²) in [5.74, 6) is -0.107. The van der Waals surface area contributed by atoms with Crippen molar-refractivity contribution < 1.29 is 4.79 Å². The molecular formula is C12H15N3O. The predicted molar refractivity (Wildman–Crippen MR) is 63.0 cm³/mol. The number of nitrogens with one attached hydrogen (secondary N) is 2. The fourth-order valence-corrected chi connectivity index (χ4v) is 1.39. The van der Waals surface area contributed by atoms with Crippen molar-refractivity contribution in [2.45, 2.75) is 19.9 Å². The van der Waals surface area contributed by atoms with Gasteiger partial charge in [0.15, 0.2) is 0 Å². The molecule has 0 spiro atoms. The van der Waals surface area contributed by atoms with Crippen LogP contribution in [0.4, 0.5) is 5.69 Å². The number of carbonyl (C=O) groups is 1. The summed E-state index contributed by atoms with van der Waals surface area (Å²) in [5.41, 5.74) is 2.26. The Bertz CT molecular complexity index is 434. The van der Waals surface area contributed by atoms with Gasteiger partial charge in [-0.2, -0.15) is 5.26 Å². The average molecular weight is 217 g/mol. The molecule has 1 atom stereocenters. The van der Waals surface area contributed by atoms with Crippen molar-refractivity contribution in [2.24, 2.45) is 0 Å². The van der Waals surface area contributed by atoms with Crippen molar-refractivity contribution in [2.75, 3.05) is 12.4 Å². The first-order chi connectivity index (χ1) is 7.58. The summed E-state index contributed by atoms with van der Waals surface area (Å²) in [6, 6.07) is 7.25. The minimum Gasteiger partial charge on any atom is -0.373 e. The number of hydrogen-bond acceptors (Lipinski definition) is 3. The van der Waals surface area contributed by atoms with E-state index >= 15 is 0 Å². The summed E-state index contributed by atoms with van der Waals surface area (Å²) in [6.07, 6.45) is 0. The van der Waals surface area contributed by atoms with Gasteiger partial charge in [0, 0.05) is 7.05 Å². The Kier molecular flexibility index (Phi) is 3.90. The molecule has 0 fully saturated rings. The molecule has 0 aliphatic heterocycles. The first-order valence-electron chi connectivity index (χ1n) is 5.07. The molecule has 0 bridgehead atoms. The van der Waals surface area contributed by atoms with Gasteiger partial charge in [0.25, 0.3) is 0 Å². The third kappa shape index (κ3) is 2.74. The van der Waals surface area contributed by atoms with Gasteiger partial charge in [-0.25, -0.2) is 0 Å². The van der Waals surface area contributed by atoms with Crippen LogP contribution in [-0.2, 0) is 4.79 Å². The summed E-state index contributed by atoms with van der Waals surface area (Å²) in [6.45, 7) is 3.67. The van der Waals surface area contributed by atoms with Crippen LogP contribution in [0.2, 0.25) is 0 Å². The van der Waals surface area contributed by atoms with Crippen LogP contribution in [0.1, 0.15) is 18.1 Å². The fourth-order valence-electron chi connectivity index (χ4n) is 1.39. The van der Waals surface area contributed by atoms with Crippen LogP contribution in [0, 0.1) is 18.3 Å². The summed E-state index contributed by atoms with van der Waals surface area (Å²) in [5, 5.41) is 14.5. The number of nitrogens with zero attached hydrogens (tertiary/aromatic N) is 1. The lowest BCUT2D eigenvalue weighted by atomic mass is 10.1. The molecule has 1 aromatic rings. The number of carbonyl (C=O) groups excluding carboxylic acids is 1. The molecule has 0 aromatic heterocycles. The highest BCUT2D eigenvalue weighted by Crippen LogP contribution is 2.17. The normalized spacial score (nSPS) is 11.4. The van der Waals surface area contributed by atoms with Crippen molar-refractivity contribution in [1.29, 1.82) is 5.26 Å². The molecule has 0 aliphatic rings. The molecule has 2 N–H and O–H groups in total. The van der Waals surface area contributed by atoms with E-state index in [9.17, 15) is 4.79 Å². The van der Waals surface area contributed by atoms with Gasteiger partial charge < -0.3 is 10.6 Å². The number of rotatable bonds is 3. The monoisotopic (exact) mass is 217 g/mol. The van der Waals surface area contributed by atoms with E-state index in [1.807, 2.05) is 19.1 Å². The van der Waals surface area contributed by atoms with E-state index in [1.54, 1.807) is 20.0 Å². The topological polar surface area (TPSA) is 64.9 Å². The minimum absolute atomic E-state index is 0.107. The van der Waals surface area contributed by atoms with Crippen LogP contribution in [-0.4, -0.2) is 19.0 Å². The van der Waals surface area contributed by atoms with Crippen LogP contribution in [0.15, 0.2) is 18.2 Å². The number of nitriles is 1. The van der Waals surface area contributed by atoms with E-state index in [0.717, 1.165) is 5.56 Å². The van der Waals surface area contributed by atoms with Crippen molar-refractivity contribution in [3.05, 3.63) is 29.3 Å². The average Bonchev–Trinajstić information content (AvgIpc) is 2.30. The number of aryl methyl sites for hydroxylation is 1. The van der Waals surface area contributed by atoms with E-state index in [1.165, 1.54) is 0 Å². The Morgan fingerprint density at radius 2 is 2.19 bits per heavy atom. The highest BCUT2D eigenvalue weighted by Gasteiger charge is 2.12. The van der Waals surface area contributed by atoms with Crippen LogP contribution in [0.25, 0.3) is 0 Å². The highest BCUT2D eigenvalue weighted by molar-refractivity contribution is 5.84. The quantitative estimate of drug-likeness (QED) is 0.804. The predicted octanol–water partition coefficient (Wildman–Crippen LogP) is 1.41. The van der Waals surface area contributed by atoms with E-state index in [0.29, 0.717) is 11.3 Å². The lowest BCUT2D eigenvalue weighted by Crippen LogP contribution is -2.35. The van der Waals surface area contributed by atoms with Gasteiger partial charge >= 0.3 is 0 Å². The van der Waals surface area contributed by atoms with Gasteiger partial charge in [-0.05, 0) is 31.5 Å². The standard InChI is InChI=1S/C12H15N3O/c1-8-4-5-11(10(6-8)7-13)15-9(2)12(16)14-3/h4-6,9,15H,1-3H3,(H,14,16). The SMILES string of the molecule is CNC(=O)C(C)Nc1ccc(C)cc1C#N. The van der Waals surface area contributed by atoms with Crippen LogP contribution >= 0.6 is 0 Å². The van der Waals surface area contributed by atoms with E-state index in [-0.39, 0.29) is 11.9 Å². The Morgan fingerprint density at radius 1 is 1.50 bits per heavy atom. The first-order valence-corrected chi connectivity index (χ1v) is 5.07. The maximum Gasteiger partial charge on any atom is 0.241 e. The fraction of sp³-hybridized carbons (Fsp3) is 0.333. The van der Waals surface area contributed by atoms with Gasteiger partial charge in [0.05, 0.1) is 11.3 Å². The molecule has 4 heteroatoms. The summed E-state index contributed by atoms with van der Waals surface area (Å²) < 4.78 is 0. The summed E-state index contributed by atoms with van der Waals surface area (Å²) >= 11 is 0. The second-order valence-corrected chi connectivity index (χ2v) is 3.64. The van der Waals surface area contributed by atoms with Gasteiger partial charge in [-0.1, -0.05) is 6.07 Å². The number of amides is 1. The van der Waals surface area contributed by atoms with Crippen molar-refractivity contribution >= 4 is 11.6 Å². The molecule has 0 heterocycles. The Labute approximate surface area is 95.3 Å². The third-order valence-corrected chi connectivity index (χ3v) is 2.31. The molecule has 4 nitrogen and oxygen atoms in total. The van der Waals surface area contributed by atoms with Gasteiger partial charge in [0.1, 0.15) is 12.1 Å². The molecule has 1 rings (SSSR count). The molecule has 0 aliphatic carbocycles. The highest BCUT2D eigenvalue weighted by atomic mass is 16.2. The van der Waals surface area contributed by atoms with Crippen LogP contribution < -0.4 is 10.6 Å². The van der Waals surface area contributed by atoms with E-state index in [2.05, 4.69) is 16.7 Å². The number of hydrogen-bond donors (Lipinski definition) is 2. The van der Waals surface area contributed by atoms with Crippen LogP contribution in [0.3, 0.4) is 0 Å². The second kappa shape index (κ2) is 5.17. The molecule has 1 aromatic carbocycles. The Hall–Kier alpha value is -2.02. The maximum atomic E-state index is 11.3. The zero-order valence-corrected chi connectivity index (χ0v) is 9.66. The maximum absolute atomic E-state index is 11.3. The summed E-state index contributed by atoms with van der Waals surface area (Å²) in [7, 11) is 1.58.